The number of carbonyl (C=O) groups excluding carboxylic acids is 2. The Morgan fingerprint density at radius 3 is 2.81 bits per heavy atom. The molecule has 0 radical (unpaired) electrons. The fraction of sp³-hybridized carbons (Fsp3) is 0.636. The summed E-state index contributed by atoms with van der Waals surface area (Å²) in [4.78, 5) is 24.3. The van der Waals surface area contributed by atoms with E-state index in [0.29, 0.717) is 31.3 Å². The summed E-state index contributed by atoms with van der Waals surface area (Å²) < 4.78 is 0. The molecule has 4 nitrogen and oxygen atoms in total. The quantitative estimate of drug-likeness (QED) is 0.744. The minimum atomic E-state index is -0.151. The third-order valence-electron chi connectivity index (χ3n) is 2.20. The van der Waals surface area contributed by atoms with Gasteiger partial charge < -0.3 is 5.32 Å². The van der Waals surface area contributed by atoms with Crippen LogP contribution in [0, 0.1) is 0 Å². The summed E-state index contributed by atoms with van der Waals surface area (Å²) in [5.41, 5.74) is 0.859. The van der Waals surface area contributed by atoms with Gasteiger partial charge >= 0.3 is 0 Å². The molecule has 1 fully saturated rings. The van der Waals surface area contributed by atoms with Crippen LogP contribution in [0.5, 0.6) is 0 Å². The van der Waals surface area contributed by atoms with E-state index in [9.17, 15) is 9.59 Å². The lowest BCUT2D eigenvalue weighted by molar-refractivity contribution is -0.127. The second kappa shape index (κ2) is 6.06. The highest BCUT2D eigenvalue weighted by molar-refractivity contribution is 8.13. The van der Waals surface area contributed by atoms with Crippen LogP contribution in [0.1, 0.15) is 20.3 Å². The van der Waals surface area contributed by atoms with E-state index in [2.05, 4.69) is 11.9 Å². The molecule has 90 valence electrons. The van der Waals surface area contributed by atoms with Gasteiger partial charge in [-0.15, -0.1) is 0 Å². The molecule has 0 bridgehead atoms. The molecule has 1 N–H and O–H groups in total. The van der Waals surface area contributed by atoms with Crippen LogP contribution in [0.3, 0.4) is 0 Å². The Hall–Kier alpha value is -0.810. The van der Waals surface area contributed by atoms with E-state index in [-0.39, 0.29) is 11.1 Å². The van der Waals surface area contributed by atoms with Crippen molar-refractivity contribution in [3.63, 3.8) is 0 Å². The average Bonchev–Trinajstić information content (AvgIpc) is 2.21. The van der Waals surface area contributed by atoms with Crippen molar-refractivity contribution in [3.8, 4) is 0 Å². The van der Waals surface area contributed by atoms with Crippen LogP contribution in [-0.2, 0) is 4.79 Å². The molecule has 0 unspecified atom stereocenters. The Labute approximate surface area is 100 Å². The molecule has 5 heteroatoms. The van der Waals surface area contributed by atoms with Crippen LogP contribution in [0.2, 0.25) is 0 Å². The Balaban J connectivity index is 2.42. The van der Waals surface area contributed by atoms with Crippen molar-refractivity contribution in [3.05, 3.63) is 12.2 Å². The highest BCUT2D eigenvalue weighted by Crippen LogP contribution is 2.18. The average molecular weight is 242 g/mol. The normalized spacial score (nSPS) is 17.1. The maximum absolute atomic E-state index is 11.5. The van der Waals surface area contributed by atoms with Crippen LogP contribution in [0.4, 0.5) is 4.79 Å². The van der Waals surface area contributed by atoms with Gasteiger partial charge in [0.2, 0.25) is 5.91 Å². The van der Waals surface area contributed by atoms with Crippen LogP contribution >= 0.6 is 11.8 Å². The van der Waals surface area contributed by atoms with E-state index in [4.69, 9.17) is 0 Å². The maximum atomic E-state index is 11.5. The maximum Gasteiger partial charge on any atom is 0.288 e. The second-order valence-electron chi connectivity index (χ2n) is 4.13. The first-order valence-electron chi connectivity index (χ1n) is 5.38. The summed E-state index contributed by atoms with van der Waals surface area (Å²) in [5, 5.41) is 3.06. The van der Waals surface area contributed by atoms with Crippen LogP contribution in [-0.4, -0.2) is 40.9 Å². The van der Waals surface area contributed by atoms with E-state index < -0.39 is 0 Å². The number of nitrogens with one attached hydrogen (secondary N) is 1. The van der Waals surface area contributed by atoms with E-state index in [1.54, 1.807) is 0 Å². The molecule has 0 aromatic heterocycles. The van der Waals surface area contributed by atoms with Gasteiger partial charge in [0.1, 0.15) is 0 Å². The van der Waals surface area contributed by atoms with Crippen molar-refractivity contribution in [1.82, 2.24) is 10.2 Å². The molecule has 0 aromatic rings. The van der Waals surface area contributed by atoms with Gasteiger partial charge in [0, 0.05) is 24.8 Å². The van der Waals surface area contributed by atoms with E-state index in [1.165, 1.54) is 16.7 Å². The molecule has 1 rings (SSSR count). The van der Waals surface area contributed by atoms with Gasteiger partial charge in [-0.1, -0.05) is 32.2 Å². The number of nitrogens with zero attached hydrogens (tertiary/aromatic N) is 1. The largest absolute Gasteiger partial charge is 0.311 e. The Kier molecular flexibility index (Phi) is 5.02. The molecule has 16 heavy (non-hydrogen) atoms. The lowest BCUT2D eigenvalue weighted by Gasteiger charge is -2.25. The summed E-state index contributed by atoms with van der Waals surface area (Å²) in [6.45, 7) is 8.93. The van der Waals surface area contributed by atoms with Gasteiger partial charge in [0.15, 0.2) is 0 Å². The molecule has 1 saturated heterocycles. The minimum Gasteiger partial charge on any atom is -0.311 e. The lowest BCUT2D eigenvalue weighted by atomic mass is 10.2. The monoisotopic (exact) mass is 242 g/mol. The molecule has 2 amide bonds. The van der Waals surface area contributed by atoms with Gasteiger partial charge in [-0.3, -0.25) is 14.5 Å². The zero-order chi connectivity index (χ0) is 12.1. The molecule has 0 aromatic carbocycles. The Morgan fingerprint density at radius 2 is 2.25 bits per heavy atom. The van der Waals surface area contributed by atoms with Crippen LogP contribution in [0.15, 0.2) is 12.2 Å². The zero-order valence-electron chi connectivity index (χ0n) is 9.78. The Morgan fingerprint density at radius 1 is 1.56 bits per heavy atom. The highest BCUT2D eigenvalue weighted by Gasteiger charge is 2.26. The van der Waals surface area contributed by atoms with E-state index >= 15 is 0 Å². The molecule has 0 atom stereocenters. The zero-order valence-corrected chi connectivity index (χ0v) is 10.6. The summed E-state index contributed by atoms with van der Waals surface area (Å²) in [6, 6.07) is 0.374. The molecule has 1 aliphatic rings. The number of hydrogen-bond donors (Lipinski definition) is 1. The van der Waals surface area contributed by atoms with Crippen molar-refractivity contribution >= 4 is 22.9 Å². The summed E-state index contributed by atoms with van der Waals surface area (Å²) in [6.07, 6.45) is 0.446. The molecular weight excluding hydrogens is 224 g/mol. The third kappa shape index (κ3) is 3.98. The SMILES string of the molecule is C=C(CNC(C)C)CN1C(=O)CCSC1=O. The highest BCUT2D eigenvalue weighted by atomic mass is 32.2. The fourth-order valence-corrected chi connectivity index (χ4v) is 2.09. The summed E-state index contributed by atoms with van der Waals surface area (Å²) in [5.74, 6) is 0.514. The minimum absolute atomic E-state index is 0.0885. The number of amides is 2. The van der Waals surface area contributed by atoms with Gasteiger partial charge in [-0.05, 0) is 5.57 Å². The first-order valence-corrected chi connectivity index (χ1v) is 6.36. The predicted octanol–water partition coefficient (Wildman–Crippen LogP) is 1.63. The molecule has 1 aliphatic heterocycles. The van der Waals surface area contributed by atoms with Crippen molar-refractivity contribution < 1.29 is 9.59 Å². The van der Waals surface area contributed by atoms with Crippen LogP contribution in [0.25, 0.3) is 0 Å². The summed E-state index contributed by atoms with van der Waals surface area (Å²) in [7, 11) is 0. The molecule has 0 aliphatic carbocycles. The van der Waals surface area contributed by atoms with Crippen LogP contribution < -0.4 is 5.32 Å². The van der Waals surface area contributed by atoms with Crippen molar-refractivity contribution in [1.29, 1.82) is 0 Å². The first-order chi connectivity index (χ1) is 7.50. The number of hydrogen-bond acceptors (Lipinski definition) is 4. The summed E-state index contributed by atoms with van der Waals surface area (Å²) >= 11 is 1.20. The topological polar surface area (TPSA) is 49.4 Å². The Bertz CT molecular complexity index is 286. The molecule has 0 saturated carbocycles. The van der Waals surface area contributed by atoms with Crippen molar-refractivity contribution in [2.24, 2.45) is 0 Å². The van der Waals surface area contributed by atoms with E-state index in [0.717, 1.165) is 5.57 Å². The molecular formula is C11H18N2O2S. The third-order valence-corrected chi connectivity index (χ3v) is 3.08. The fourth-order valence-electron chi connectivity index (χ4n) is 1.32. The predicted molar refractivity (Wildman–Crippen MR) is 66.5 cm³/mol. The first kappa shape index (κ1) is 13.3. The van der Waals surface area contributed by atoms with Gasteiger partial charge in [-0.25, -0.2) is 0 Å². The van der Waals surface area contributed by atoms with E-state index in [1.807, 2.05) is 13.8 Å². The van der Waals surface area contributed by atoms with Crippen molar-refractivity contribution in [2.75, 3.05) is 18.8 Å². The second-order valence-corrected chi connectivity index (χ2v) is 5.18. The standard InChI is InChI=1S/C11H18N2O2S/c1-8(2)12-6-9(3)7-13-10(14)4-5-16-11(13)15/h8,12H,3-7H2,1-2H3. The molecule has 1 heterocycles. The van der Waals surface area contributed by atoms with Gasteiger partial charge in [0.05, 0.1) is 6.54 Å². The van der Waals surface area contributed by atoms with Gasteiger partial charge in [-0.2, -0.15) is 0 Å². The lowest BCUT2D eigenvalue weighted by Crippen LogP contribution is -2.40. The molecule has 0 spiro atoms. The number of thioether (sulfide) groups is 1. The number of carbonyl (C=O) groups is 2. The number of rotatable bonds is 5. The van der Waals surface area contributed by atoms with Crippen molar-refractivity contribution in [2.45, 2.75) is 26.3 Å². The smallest absolute Gasteiger partial charge is 0.288 e. The van der Waals surface area contributed by atoms with Gasteiger partial charge in [0.25, 0.3) is 5.24 Å². The number of imide groups is 1.